The number of carbonyl (C=O) groups excluding carboxylic acids is 1. The van der Waals surface area contributed by atoms with Gasteiger partial charge in [-0.15, -0.1) is 0 Å². The van der Waals surface area contributed by atoms with Crippen LogP contribution in [0.25, 0.3) is 0 Å². The fraction of sp³-hybridized carbons (Fsp3) is 0.487. The summed E-state index contributed by atoms with van der Waals surface area (Å²) in [5.41, 5.74) is 4.09. The minimum absolute atomic E-state index is 0.0158. The van der Waals surface area contributed by atoms with Gasteiger partial charge < -0.3 is 15.1 Å². The molecule has 2 saturated carbocycles. The third kappa shape index (κ3) is 6.38. The second kappa shape index (κ2) is 13.3. The van der Waals surface area contributed by atoms with Gasteiger partial charge in [0.1, 0.15) is 11.9 Å². The topological polar surface area (TPSA) is 84.6 Å². The first-order chi connectivity index (χ1) is 21.8. The van der Waals surface area contributed by atoms with Gasteiger partial charge in [0.05, 0.1) is 17.7 Å². The number of nitrogens with zero attached hydrogens (tertiary/aromatic N) is 2. The molecule has 2 fully saturated rings. The van der Waals surface area contributed by atoms with Gasteiger partial charge in [0.15, 0.2) is 0 Å². The second-order valence-corrected chi connectivity index (χ2v) is 13.9. The van der Waals surface area contributed by atoms with E-state index in [0.29, 0.717) is 30.6 Å². The van der Waals surface area contributed by atoms with Crippen molar-refractivity contribution in [2.45, 2.75) is 82.9 Å². The zero-order valence-electron chi connectivity index (χ0n) is 26.2. The van der Waals surface area contributed by atoms with Gasteiger partial charge >= 0.3 is 0 Å². The Morgan fingerprint density at radius 1 is 1.02 bits per heavy atom. The Morgan fingerprint density at radius 2 is 1.78 bits per heavy atom. The number of unbranched alkanes of at least 4 members (excludes halogenated alkanes) is 1. The molecule has 5 nitrogen and oxygen atoms in total. The van der Waals surface area contributed by atoms with Gasteiger partial charge in [0.25, 0.3) is 5.91 Å². The number of hydrogen-bond donors (Lipinski definition) is 2. The number of aliphatic hydroxyl groups excluding tert-OH is 1. The molecule has 3 aliphatic rings. The Balaban J connectivity index is 1.16. The summed E-state index contributed by atoms with van der Waals surface area (Å²) in [7, 11) is 0. The highest BCUT2D eigenvalue weighted by Gasteiger charge is 2.59. The number of phenols is 1. The number of phenolic OH excluding ortho intramolecular Hbond substituents is 1. The first kappa shape index (κ1) is 31.3. The van der Waals surface area contributed by atoms with Crippen LogP contribution in [0.15, 0.2) is 72.8 Å². The average molecular weight is 609 g/mol. The molecule has 3 aromatic rings. The highest BCUT2D eigenvalue weighted by Crippen LogP contribution is 2.63. The van der Waals surface area contributed by atoms with Crippen molar-refractivity contribution in [3.05, 3.63) is 101 Å². The normalized spacial score (nSPS) is 28.4. The molecule has 6 heteroatoms. The van der Waals surface area contributed by atoms with Gasteiger partial charge in [-0.05, 0) is 128 Å². The minimum atomic E-state index is -1.01. The maximum absolute atomic E-state index is 16.1. The summed E-state index contributed by atoms with van der Waals surface area (Å²) >= 11 is 0. The van der Waals surface area contributed by atoms with E-state index in [1.54, 1.807) is 30.3 Å². The number of nitriles is 1. The highest BCUT2D eigenvalue weighted by atomic mass is 19.1. The Hall–Kier alpha value is -3.69. The van der Waals surface area contributed by atoms with E-state index in [0.717, 1.165) is 62.5 Å². The number of hydrogen-bond acceptors (Lipinski definition) is 4. The lowest BCUT2D eigenvalue weighted by Gasteiger charge is -2.54. The van der Waals surface area contributed by atoms with Crippen LogP contribution in [-0.4, -0.2) is 46.4 Å². The Morgan fingerprint density at radius 3 is 2.53 bits per heavy atom. The van der Waals surface area contributed by atoms with Crippen molar-refractivity contribution >= 4 is 5.91 Å². The molecule has 1 unspecified atom stereocenters. The van der Waals surface area contributed by atoms with Crippen LogP contribution >= 0.6 is 0 Å². The van der Waals surface area contributed by atoms with Crippen LogP contribution in [0.4, 0.5) is 4.39 Å². The molecule has 1 amide bonds. The van der Waals surface area contributed by atoms with Crippen molar-refractivity contribution in [1.82, 2.24) is 4.90 Å². The fourth-order valence-corrected chi connectivity index (χ4v) is 9.05. The zero-order chi connectivity index (χ0) is 31.6. The van der Waals surface area contributed by atoms with E-state index in [1.165, 1.54) is 5.56 Å². The molecule has 3 aliphatic carbocycles. The molecule has 0 saturated heterocycles. The molecule has 0 bridgehead atoms. The van der Waals surface area contributed by atoms with Crippen LogP contribution in [0.1, 0.15) is 90.4 Å². The van der Waals surface area contributed by atoms with Crippen LogP contribution < -0.4 is 0 Å². The van der Waals surface area contributed by atoms with Crippen LogP contribution in [0.5, 0.6) is 5.75 Å². The van der Waals surface area contributed by atoms with Crippen molar-refractivity contribution in [3.8, 4) is 11.8 Å². The molecule has 0 aliphatic heterocycles. The Kier molecular flexibility index (Phi) is 9.28. The predicted molar refractivity (Wildman–Crippen MR) is 174 cm³/mol. The van der Waals surface area contributed by atoms with Crippen molar-refractivity contribution in [1.29, 1.82) is 5.26 Å². The van der Waals surface area contributed by atoms with Gasteiger partial charge in [-0.2, -0.15) is 5.26 Å². The van der Waals surface area contributed by atoms with Crippen LogP contribution in [0.3, 0.4) is 0 Å². The summed E-state index contributed by atoms with van der Waals surface area (Å²) in [4.78, 5) is 15.6. The molecular weight excluding hydrogens is 563 g/mol. The number of carbonyl (C=O) groups is 1. The molecule has 0 aromatic heterocycles. The largest absolute Gasteiger partial charge is 0.508 e. The monoisotopic (exact) mass is 608 g/mol. The van der Waals surface area contributed by atoms with Crippen molar-refractivity contribution in [2.75, 3.05) is 13.1 Å². The average Bonchev–Trinajstić information content (AvgIpc) is 3.34. The van der Waals surface area contributed by atoms with Crippen LogP contribution in [-0.2, 0) is 12.8 Å². The molecular formula is C39H45FN2O3. The first-order valence-corrected chi connectivity index (χ1v) is 16.8. The quantitative estimate of drug-likeness (QED) is 0.232. The number of halogens is 1. The summed E-state index contributed by atoms with van der Waals surface area (Å²) in [5.74, 6) is 0.719. The zero-order valence-corrected chi connectivity index (χ0v) is 26.2. The molecule has 45 heavy (non-hydrogen) atoms. The van der Waals surface area contributed by atoms with E-state index >= 15 is 4.39 Å². The summed E-state index contributed by atoms with van der Waals surface area (Å²) in [5, 5.41) is 30.4. The number of rotatable bonds is 10. The molecule has 6 rings (SSSR count). The molecule has 0 heterocycles. The first-order valence-electron chi connectivity index (χ1n) is 16.8. The number of benzene rings is 3. The molecule has 0 spiro atoms. The number of aryl methyl sites for hydroxylation is 1. The maximum atomic E-state index is 16.1. The van der Waals surface area contributed by atoms with E-state index in [-0.39, 0.29) is 35.3 Å². The predicted octanol–water partition coefficient (Wildman–Crippen LogP) is 7.60. The number of fused-ring (bicyclic) bond motifs is 5. The molecule has 7 atom stereocenters. The van der Waals surface area contributed by atoms with E-state index in [1.807, 2.05) is 35.2 Å². The smallest absolute Gasteiger partial charge is 0.253 e. The number of amides is 1. The Labute approximate surface area is 266 Å². The van der Waals surface area contributed by atoms with Gasteiger partial charge in [0.2, 0.25) is 0 Å². The van der Waals surface area contributed by atoms with Gasteiger partial charge in [-0.3, -0.25) is 4.79 Å². The van der Waals surface area contributed by atoms with E-state index in [4.69, 9.17) is 0 Å². The van der Waals surface area contributed by atoms with Crippen molar-refractivity contribution < 1.29 is 19.4 Å². The Bertz CT molecular complexity index is 1520. The van der Waals surface area contributed by atoms with E-state index in [9.17, 15) is 20.3 Å². The molecule has 236 valence electrons. The lowest BCUT2D eigenvalue weighted by atomic mass is 9.51. The van der Waals surface area contributed by atoms with Crippen molar-refractivity contribution in [2.24, 2.45) is 23.2 Å². The summed E-state index contributed by atoms with van der Waals surface area (Å²) in [6.45, 7) is 3.39. The second-order valence-electron chi connectivity index (χ2n) is 13.9. The fourth-order valence-electron chi connectivity index (χ4n) is 9.05. The van der Waals surface area contributed by atoms with Crippen LogP contribution in [0, 0.1) is 34.5 Å². The lowest BCUT2D eigenvalue weighted by molar-refractivity contribution is -0.0722. The lowest BCUT2D eigenvalue weighted by Crippen LogP contribution is -2.51. The SMILES string of the molecule is C[C@]12C[C@H](F)[C@@H]3c4ccc(O)cc4CC(CCCCN(CCCc4ccccc4)C(=O)c4ccc(C#N)cc4)[C@H]3[C@@H]1CC[C@@H]2O. The third-order valence-corrected chi connectivity index (χ3v) is 11.3. The van der Waals surface area contributed by atoms with E-state index < -0.39 is 17.7 Å². The summed E-state index contributed by atoms with van der Waals surface area (Å²) in [6, 6.07) is 24.8. The summed E-state index contributed by atoms with van der Waals surface area (Å²) in [6.07, 6.45) is 5.85. The standard InChI is InChI=1S/C39H45FN2O3/c1-39-24-34(40)37-32-17-16-31(43)23-30(32)22-29(36(37)33(39)18-19-35(39)44)11-5-6-20-42(21-7-10-26-8-3-2-4-9-26)38(45)28-14-12-27(25-41)13-15-28/h2-4,8-9,12-17,23,29,33-37,43-44H,5-7,10-11,18-22,24H2,1H3/t29?,33-,34-,35-,36-,37-,39-/m0/s1. The minimum Gasteiger partial charge on any atom is -0.508 e. The molecule has 0 radical (unpaired) electrons. The third-order valence-electron chi connectivity index (χ3n) is 11.3. The summed E-state index contributed by atoms with van der Waals surface area (Å²) < 4.78 is 16.1. The van der Waals surface area contributed by atoms with Gasteiger partial charge in [-0.1, -0.05) is 49.7 Å². The maximum Gasteiger partial charge on any atom is 0.253 e. The number of alkyl halides is 1. The number of aromatic hydroxyl groups is 1. The van der Waals surface area contributed by atoms with Gasteiger partial charge in [-0.25, -0.2) is 4.39 Å². The molecule has 2 N–H and O–H groups in total. The number of aliphatic hydroxyl groups is 1. The van der Waals surface area contributed by atoms with Crippen molar-refractivity contribution in [3.63, 3.8) is 0 Å². The molecule has 3 aromatic carbocycles. The van der Waals surface area contributed by atoms with Gasteiger partial charge in [0, 0.05) is 24.6 Å². The van der Waals surface area contributed by atoms with Crippen LogP contribution in [0.2, 0.25) is 0 Å². The van der Waals surface area contributed by atoms with E-state index in [2.05, 4.69) is 25.1 Å². The highest BCUT2D eigenvalue weighted by molar-refractivity contribution is 5.94.